The Labute approximate surface area is 172 Å². The summed E-state index contributed by atoms with van der Waals surface area (Å²) in [4.78, 5) is 0.586. The van der Waals surface area contributed by atoms with E-state index in [0.717, 1.165) is 17.7 Å². The molecule has 0 aliphatic carbocycles. The zero-order valence-corrected chi connectivity index (χ0v) is 16.9. The molecule has 3 rings (SSSR count). The Morgan fingerprint density at radius 1 is 0.931 bits per heavy atom. The van der Waals surface area contributed by atoms with Crippen molar-refractivity contribution >= 4 is 23.4 Å². The van der Waals surface area contributed by atoms with Gasteiger partial charge in [-0.15, -0.1) is 12.6 Å². The van der Waals surface area contributed by atoms with Crippen molar-refractivity contribution in [2.75, 3.05) is 0 Å². The number of hydrogen-bond acceptors (Lipinski definition) is 3. The summed E-state index contributed by atoms with van der Waals surface area (Å²) in [7, 11) is 0. The van der Waals surface area contributed by atoms with Gasteiger partial charge in [0.05, 0.1) is 16.7 Å². The Morgan fingerprint density at radius 2 is 1.62 bits per heavy atom. The van der Waals surface area contributed by atoms with Crippen LogP contribution in [0, 0.1) is 22.7 Å². The molecule has 0 aliphatic heterocycles. The largest absolute Gasteiger partial charge is 0.416 e. The lowest BCUT2D eigenvalue weighted by molar-refractivity contribution is -0.137. The van der Waals surface area contributed by atoms with Crippen LogP contribution in [-0.4, -0.2) is 0 Å². The van der Waals surface area contributed by atoms with Gasteiger partial charge in [-0.1, -0.05) is 45.0 Å². The highest BCUT2D eigenvalue weighted by Crippen LogP contribution is 2.42. The average molecular weight is 410 g/mol. The molecule has 3 aromatic rings. The molecule has 0 fully saturated rings. The van der Waals surface area contributed by atoms with Crippen molar-refractivity contribution in [1.29, 1.82) is 10.5 Å². The van der Waals surface area contributed by atoms with Gasteiger partial charge in [0.2, 0.25) is 0 Å². The van der Waals surface area contributed by atoms with Crippen molar-refractivity contribution in [2.45, 2.75) is 37.3 Å². The van der Waals surface area contributed by atoms with Crippen molar-refractivity contribution in [3.63, 3.8) is 0 Å². The molecule has 0 N–H and O–H groups in total. The fraction of sp³-hybridized carbons (Fsp3) is 0.217. The van der Waals surface area contributed by atoms with Gasteiger partial charge in [-0.2, -0.15) is 23.7 Å². The van der Waals surface area contributed by atoms with E-state index in [2.05, 4.69) is 0 Å². The van der Waals surface area contributed by atoms with Crippen molar-refractivity contribution in [3.05, 3.63) is 64.7 Å². The maximum atomic E-state index is 13.3. The number of fused-ring (bicyclic) bond motifs is 1. The first kappa shape index (κ1) is 20.8. The summed E-state index contributed by atoms with van der Waals surface area (Å²) in [6.07, 6.45) is -4.52. The number of alkyl halides is 3. The van der Waals surface area contributed by atoms with Gasteiger partial charge in [0.15, 0.2) is 0 Å². The highest BCUT2D eigenvalue weighted by molar-refractivity contribution is 7.80. The number of nitriles is 2. The molecule has 0 aliphatic rings. The van der Waals surface area contributed by atoms with Crippen LogP contribution < -0.4 is 0 Å². The second-order valence-corrected chi connectivity index (χ2v) is 8.23. The lowest BCUT2D eigenvalue weighted by atomic mass is 9.83. The van der Waals surface area contributed by atoms with E-state index in [-0.39, 0.29) is 22.1 Å². The smallest absolute Gasteiger partial charge is 0.192 e. The molecule has 0 saturated carbocycles. The van der Waals surface area contributed by atoms with E-state index in [0.29, 0.717) is 21.2 Å². The molecule has 0 saturated heterocycles. The van der Waals surface area contributed by atoms with Crippen LogP contribution >= 0.6 is 12.6 Å². The molecule has 0 unspecified atom stereocenters. The normalized spacial score (nSPS) is 11.9. The van der Waals surface area contributed by atoms with Gasteiger partial charge in [-0.3, -0.25) is 0 Å². The third-order valence-electron chi connectivity index (χ3n) is 4.80. The number of rotatable bonds is 1. The van der Waals surface area contributed by atoms with Gasteiger partial charge in [-0.05, 0) is 40.1 Å². The Bertz CT molecular complexity index is 1210. The molecule has 2 nitrogen and oxygen atoms in total. The van der Waals surface area contributed by atoms with Crippen LogP contribution in [-0.2, 0) is 11.6 Å². The van der Waals surface area contributed by atoms with Crippen LogP contribution in [0.25, 0.3) is 21.9 Å². The highest BCUT2D eigenvalue weighted by Gasteiger charge is 2.31. The van der Waals surface area contributed by atoms with Gasteiger partial charge in [-0.25, -0.2) is 0 Å². The molecule has 0 aromatic heterocycles. The molecule has 29 heavy (non-hydrogen) atoms. The van der Waals surface area contributed by atoms with Crippen molar-refractivity contribution in [2.24, 2.45) is 0 Å². The first-order chi connectivity index (χ1) is 13.5. The van der Waals surface area contributed by atoms with Crippen molar-refractivity contribution in [3.8, 4) is 23.3 Å². The number of benzene rings is 3. The van der Waals surface area contributed by atoms with Crippen LogP contribution in [0.1, 0.15) is 43.0 Å². The topological polar surface area (TPSA) is 47.6 Å². The van der Waals surface area contributed by atoms with Crippen molar-refractivity contribution < 1.29 is 13.2 Å². The highest BCUT2D eigenvalue weighted by atomic mass is 32.1. The molecule has 3 aromatic carbocycles. The lowest BCUT2D eigenvalue weighted by Gasteiger charge is -2.24. The fourth-order valence-electron chi connectivity index (χ4n) is 3.43. The number of nitrogens with zero attached hydrogens (tertiary/aromatic N) is 2. The van der Waals surface area contributed by atoms with E-state index < -0.39 is 11.7 Å². The van der Waals surface area contributed by atoms with E-state index in [9.17, 15) is 23.7 Å². The minimum absolute atomic E-state index is 0.0423. The first-order valence-corrected chi connectivity index (χ1v) is 9.24. The summed E-state index contributed by atoms with van der Waals surface area (Å²) in [5, 5.41) is 20.5. The third-order valence-corrected chi connectivity index (χ3v) is 5.26. The predicted octanol–water partition coefficient (Wildman–Crippen LogP) is 6.86. The number of thiol groups is 1. The van der Waals surface area contributed by atoms with E-state index in [1.165, 1.54) is 12.1 Å². The van der Waals surface area contributed by atoms with Crippen molar-refractivity contribution in [1.82, 2.24) is 0 Å². The Kier molecular flexibility index (Phi) is 5.11. The molecular formula is C23H17F3N2S. The van der Waals surface area contributed by atoms with Gasteiger partial charge in [0.25, 0.3) is 0 Å². The first-order valence-electron chi connectivity index (χ1n) is 8.80. The molecule has 146 valence electrons. The third kappa shape index (κ3) is 3.69. The zero-order chi connectivity index (χ0) is 21.6. The molecule has 0 atom stereocenters. The lowest BCUT2D eigenvalue weighted by Crippen LogP contribution is -2.12. The Hall–Kier alpha value is -2.96. The van der Waals surface area contributed by atoms with Crippen LogP contribution in [0.2, 0.25) is 0 Å². The van der Waals surface area contributed by atoms with Gasteiger partial charge >= 0.3 is 6.18 Å². The summed E-state index contributed by atoms with van der Waals surface area (Å²) < 4.78 is 39.9. The Balaban J connectivity index is 2.53. The van der Waals surface area contributed by atoms with Crippen LogP contribution in [0.15, 0.2) is 47.4 Å². The zero-order valence-electron chi connectivity index (χ0n) is 16.0. The number of hydrogen-bond donors (Lipinski definition) is 1. The summed E-state index contributed by atoms with van der Waals surface area (Å²) in [6, 6.07) is 14.1. The number of halogens is 3. The van der Waals surface area contributed by atoms with E-state index in [1.807, 2.05) is 45.0 Å². The van der Waals surface area contributed by atoms with Crippen LogP contribution in [0.4, 0.5) is 13.2 Å². The molecule has 0 amide bonds. The van der Waals surface area contributed by atoms with Gasteiger partial charge in [0.1, 0.15) is 12.1 Å². The molecular weight excluding hydrogens is 393 g/mol. The quantitative estimate of drug-likeness (QED) is 0.446. The molecule has 6 heteroatoms. The minimum atomic E-state index is -4.52. The van der Waals surface area contributed by atoms with E-state index in [1.54, 1.807) is 6.07 Å². The minimum Gasteiger partial charge on any atom is -0.192 e. The summed E-state index contributed by atoms with van der Waals surface area (Å²) in [6.45, 7) is 6.02. The molecule has 0 bridgehead atoms. The monoisotopic (exact) mass is 410 g/mol. The predicted molar refractivity (Wildman–Crippen MR) is 110 cm³/mol. The van der Waals surface area contributed by atoms with E-state index >= 15 is 0 Å². The standard InChI is InChI=1S/C23H17F3N2S/c1-22(2,3)18-8-7-14-9-15(11-27)17(12-28)19(20(14)21(18)29)13-5-4-6-16(10-13)23(24,25)26/h4-10,29H,1-3H3. The average Bonchev–Trinajstić information content (AvgIpc) is 2.65. The van der Waals surface area contributed by atoms with Gasteiger partial charge in [0, 0.05) is 15.8 Å². The van der Waals surface area contributed by atoms with E-state index in [4.69, 9.17) is 12.6 Å². The summed E-state index contributed by atoms with van der Waals surface area (Å²) in [5.74, 6) is 0. The molecule has 0 radical (unpaired) electrons. The Morgan fingerprint density at radius 3 is 2.17 bits per heavy atom. The van der Waals surface area contributed by atoms with Crippen LogP contribution in [0.5, 0.6) is 0 Å². The fourth-order valence-corrected chi connectivity index (χ4v) is 4.08. The van der Waals surface area contributed by atoms with Crippen LogP contribution in [0.3, 0.4) is 0 Å². The maximum Gasteiger partial charge on any atom is 0.416 e. The summed E-state index contributed by atoms with van der Waals surface area (Å²) in [5.41, 5.74) is 0.488. The second-order valence-electron chi connectivity index (χ2n) is 7.79. The summed E-state index contributed by atoms with van der Waals surface area (Å²) >= 11 is 4.70. The van der Waals surface area contributed by atoms with Gasteiger partial charge < -0.3 is 0 Å². The second kappa shape index (κ2) is 7.13. The molecule has 0 spiro atoms. The SMILES string of the molecule is CC(C)(C)c1ccc2cc(C#N)c(C#N)c(-c3cccc(C(F)(F)F)c3)c2c1S. The maximum absolute atomic E-state index is 13.3. The molecule has 0 heterocycles.